The minimum atomic E-state index is -0.575. The molecule has 1 atom stereocenters. The number of amides is 1. The summed E-state index contributed by atoms with van der Waals surface area (Å²) in [6.45, 7) is 3.54. The Balaban J connectivity index is 1.61. The van der Waals surface area contributed by atoms with Crippen LogP contribution in [0.5, 0.6) is 0 Å². The van der Waals surface area contributed by atoms with E-state index in [9.17, 15) is 9.18 Å². The molecule has 0 radical (unpaired) electrons. The van der Waals surface area contributed by atoms with Crippen molar-refractivity contribution in [2.75, 3.05) is 0 Å². The number of aryl methyl sites for hydroxylation is 1. The highest BCUT2D eigenvalue weighted by molar-refractivity contribution is 5.91. The molecule has 1 saturated carbocycles. The van der Waals surface area contributed by atoms with Crippen molar-refractivity contribution in [1.82, 2.24) is 19.7 Å². The van der Waals surface area contributed by atoms with Crippen LogP contribution < -0.4 is 5.73 Å². The molecule has 2 heterocycles. The van der Waals surface area contributed by atoms with Crippen LogP contribution in [0.3, 0.4) is 0 Å². The van der Waals surface area contributed by atoms with Gasteiger partial charge in [0.05, 0.1) is 17.2 Å². The van der Waals surface area contributed by atoms with Crippen molar-refractivity contribution in [3.8, 4) is 23.1 Å². The zero-order valence-corrected chi connectivity index (χ0v) is 16.9. The average Bonchev–Trinajstić information content (AvgIpc) is 3.17. The molecule has 2 N–H and O–H groups in total. The molecule has 2 aromatic heterocycles. The summed E-state index contributed by atoms with van der Waals surface area (Å²) >= 11 is 0. The molecule has 1 aromatic carbocycles. The van der Waals surface area contributed by atoms with E-state index >= 15 is 0 Å². The van der Waals surface area contributed by atoms with Gasteiger partial charge in [-0.2, -0.15) is 4.98 Å². The van der Waals surface area contributed by atoms with Crippen molar-refractivity contribution < 1.29 is 13.7 Å². The highest BCUT2D eigenvalue weighted by Gasteiger charge is 2.41. The Kier molecular flexibility index (Phi) is 4.03. The van der Waals surface area contributed by atoms with E-state index in [2.05, 4.69) is 27.0 Å². The molecular formula is C22H20FN5O2. The molecule has 3 aliphatic carbocycles. The average molecular weight is 405 g/mol. The van der Waals surface area contributed by atoms with Gasteiger partial charge in [0, 0.05) is 31.1 Å². The molecule has 0 saturated heterocycles. The van der Waals surface area contributed by atoms with Gasteiger partial charge >= 0.3 is 0 Å². The second kappa shape index (κ2) is 6.52. The Hall–Kier alpha value is -3.47. The van der Waals surface area contributed by atoms with Crippen molar-refractivity contribution in [2.24, 2.45) is 12.8 Å². The van der Waals surface area contributed by atoms with E-state index in [1.54, 1.807) is 23.6 Å². The van der Waals surface area contributed by atoms with Crippen LogP contribution in [0.4, 0.5) is 4.39 Å². The third-order valence-electron chi connectivity index (χ3n) is 6.07. The predicted molar refractivity (Wildman–Crippen MR) is 106 cm³/mol. The molecule has 1 fully saturated rings. The van der Waals surface area contributed by atoms with Gasteiger partial charge < -0.3 is 14.8 Å². The second-order valence-corrected chi connectivity index (χ2v) is 8.04. The van der Waals surface area contributed by atoms with Gasteiger partial charge in [0.25, 0.3) is 5.91 Å². The smallest absolute Gasteiger partial charge is 0.284 e. The monoisotopic (exact) mass is 405 g/mol. The Morgan fingerprint density at radius 1 is 1.33 bits per heavy atom. The molecule has 152 valence electrons. The number of nitrogens with zero attached hydrogens (tertiary/aromatic N) is 4. The normalized spacial score (nSPS) is 19.6. The van der Waals surface area contributed by atoms with E-state index in [-0.39, 0.29) is 29.0 Å². The summed E-state index contributed by atoms with van der Waals surface area (Å²) in [5, 5.41) is 3.87. The Morgan fingerprint density at radius 3 is 2.77 bits per heavy atom. The van der Waals surface area contributed by atoms with Crippen LogP contribution in [0.2, 0.25) is 0 Å². The van der Waals surface area contributed by atoms with E-state index in [0.717, 1.165) is 29.7 Å². The summed E-state index contributed by atoms with van der Waals surface area (Å²) in [6, 6.07) is 3.31. The maximum atomic E-state index is 14.9. The quantitative estimate of drug-likeness (QED) is 0.660. The van der Waals surface area contributed by atoms with Gasteiger partial charge in [-0.25, -0.2) is 9.37 Å². The van der Waals surface area contributed by atoms with Gasteiger partial charge in [-0.1, -0.05) is 17.0 Å². The molecule has 0 aliphatic heterocycles. The lowest BCUT2D eigenvalue weighted by Gasteiger charge is -2.34. The minimum Gasteiger partial charge on any atom is -0.363 e. The highest BCUT2D eigenvalue weighted by atomic mass is 19.1. The summed E-state index contributed by atoms with van der Waals surface area (Å²) in [7, 11) is 1.81. The van der Waals surface area contributed by atoms with Crippen LogP contribution in [0.25, 0.3) is 11.3 Å². The number of hydrogen-bond acceptors (Lipinski definition) is 5. The zero-order valence-electron chi connectivity index (χ0n) is 16.9. The maximum Gasteiger partial charge on any atom is 0.284 e. The maximum absolute atomic E-state index is 14.9. The third kappa shape index (κ3) is 2.73. The molecule has 6 rings (SSSR count). The number of hydrogen-bond donors (Lipinski definition) is 1. The number of carbonyl (C=O) groups is 1. The number of imidazole rings is 1. The Labute approximate surface area is 172 Å². The van der Waals surface area contributed by atoms with Crippen molar-refractivity contribution >= 4 is 5.91 Å². The number of carbonyl (C=O) groups excluding carboxylic acids is 1. The summed E-state index contributed by atoms with van der Waals surface area (Å²) in [5.74, 6) is 6.40. The number of primary amides is 1. The number of halogens is 1. The van der Waals surface area contributed by atoms with Crippen LogP contribution in [0, 0.1) is 24.6 Å². The molecular weight excluding hydrogens is 385 g/mol. The first-order chi connectivity index (χ1) is 14.3. The van der Waals surface area contributed by atoms with E-state index in [1.807, 2.05) is 14.0 Å². The van der Waals surface area contributed by atoms with Crippen LogP contribution in [0.1, 0.15) is 76.7 Å². The van der Waals surface area contributed by atoms with E-state index in [1.165, 1.54) is 0 Å². The fourth-order valence-corrected chi connectivity index (χ4v) is 4.46. The van der Waals surface area contributed by atoms with Gasteiger partial charge in [0.15, 0.2) is 11.6 Å². The van der Waals surface area contributed by atoms with Gasteiger partial charge in [-0.05, 0) is 43.4 Å². The second-order valence-electron chi connectivity index (χ2n) is 8.04. The zero-order chi connectivity index (χ0) is 21.2. The lowest BCUT2D eigenvalue weighted by molar-refractivity contribution is 0.0987. The van der Waals surface area contributed by atoms with Gasteiger partial charge in [0.1, 0.15) is 5.82 Å². The first-order valence-corrected chi connectivity index (χ1v) is 9.85. The van der Waals surface area contributed by atoms with E-state index in [0.29, 0.717) is 23.3 Å². The lowest BCUT2D eigenvalue weighted by atomic mass is 9.71. The number of aromatic nitrogens is 4. The van der Waals surface area contributed by atoms with Crippen LogP contribution >= 0.6 is 0 Å². The molecule has 0 spiro atoms. The number of nitrogens with two attached hydrogens (primary N) is 1. The fourth-order valence-electron chi connectivity index (χ4n) is 4.46. The van der Waals surface area contributed by atoms with Gasteiger partial charge in [-0.3, -0.25) is 4.79 Å². The Bertz CT molecular complexity index is 1260. The number of benzene rings is 1. The van der Waals surface area contributed by atoms with Crippen LogP contribution in [-0.2, 0) is 7.05 Å². The van der Waals surface area contributed by atoms with Crippen molar-refractivity contribution in [3.63, 3.8) is 0 Å². The SMILES string of the molecule is Cc1nc(C(C)C#Cc2cc3c(cc2F)C2CC(C2)c2c-3nc(C(N)=O)n2C)no1. The van der Waals surface area contributed by atoms with Crippen LogP contribution in [-0.4, -0.2) is 25.6 Å². The first-order valence-electron chi connectivity index (χ1n) is 9.85. The first kappa shape index (κ1) is 18.6. The lowest BCUT2D eigenvalue weighted by Crippen LogP contribution is -2.23. The van der Waals surface area contributed by atoms with Crippen molar-refractivity contribution in [1.29, 1.82) is 0 Å². The predicted octanol–water partition coefficient (Wildman–Crippen LogP) is 3.15. The number of rotatable bonds is 2. The molecule has 1 unspecified atom stereocenters. The fraction of sp³-hybridized carbons (Fsp3) is 0.364. The van der Waals surface area contributed by atoms with Crippen molar-refractivity contribution in [2.45, 2.75) is 44.4 Å². The standard InChI is InChI=1S/C22H20FN5O2/c1-10(21-25-11(2)30-27-21)4-5-12-8-16-15(9-17(12)23)13-6-14(7-13)19-18(16)26-22(20(24)29)28(19)3/h8-10,13-14H,6-7H2,1-3H3,(H2,24,29). The molecule has 30 heavy (non-hydrogen) atoms. The van der Waals surface area contributed by atoms with E-state index in [4.69, 9.17) is 10.3 Å². The van der Waals surface area contributed by atoms with Crippen LogP contribution in [0.15, 0.2) is 16.7 Å². The Morgan fingerprint density at radius 2 is 2.10 bits per heavy atom. The molecule has 3 aromatic rings. The van der Waals surface area contributed by atoms with E-state index < -0.39 is 5.91 Å². The van der Waals surface area contributed by atoms with Gasteiger partial charge in [0.2, 0.25) is 5.89 Å². The summed E-state index contributed by atoms with van der Waals surface area (Å²) in [6.07, 6.45) is 1.83. The molecule has 7 nitrogen and oxygen atoms in total. The summed E-state index contributed by atoms with van der Waals surface area (Å²) < 4.78 is 21.7. The highest BCUT2D eigenvalue weighted by Crippen LogP contribution is 2.55. The molecule has 3 aliphatic rings. The molecule has 2 bridgehead atoms. The molecule has 8 heteroatoms. The third-order valence-corrected chi connectivity index (χ3v) is 6.07. The van der Waals surface area contributed by atoms with Crippen molar-refractivity contribution in [3.05, 3.63) is 52.3 Å². The summed E-state index contributed by atoms with van der Waals surface area (Å²) in [5.41, 5.74) is 9.22. The molecule has 1 amide bonds. The largest absolute Gasteiger partial charge is 0.363 e. The summed E-state index contributed by atoms with van der Waals surface area (Å²) in [4.78, 5) is 20.5. The van der Waals surface area contributed by atoms with Gasteiger partial charge in [-0.15, -0.1) is 0 Å². The minimum absolute atomic E-state index is 0.217. The topological polar surface area (TPSA) is 99.8 Å².